The Labute approximate surface area is 111 Å². The molecule has 0 aliphatic carbocycles. The molecule has 0 unspecified atom stereocenters. The molecule has 0 saturated heterocycles. The quantitative estimate of drug-likeness (QED) is 0.718. The highest BCUT2D eigenvalue weighted by Gasteiger charge is 2.30. The van der Waals surface area contributed by atoms with Gasteiger partial charge < -0.3 is 0 Å². The predicted octanol–water partition coefficient (Wildman–Crippen LogP) is 4.78. The second kappa shape index (κ2) is 5.87. The van der Waals surface area contributed by atoms with Gasteiger partial charge in [0.15, 0.2) is 0 Å². The van der Waals surface area contributed by atoms with Crippen LogP contribution in [0.5, 0.6) is 0 Å². The highest BCUT2D eigenvalue weighted by Crippen LogP contribution is 2.28. The Morgan fingerprint density at radius 3 is 2.37 bits per heavy atom. The van der Waals surface area contributed by atoms with Crippen LogP contribution in [0.15, 0.2) is 42.5 Å². The van der Waals surface area contributed by atoms with Gasteiger partial charge in [-0.25, -0.2) is 0 Å². The summed E-state index contributed by atoms with van der Waals surface area (Å²) in [6, 6.07) is 3.54. The summed E-state index contributed by atoms with van der Waals surface area (Å²) in [4.78, 5) is 4.30. The predicted molar refractivity (Wildman–Crippen MR) is 71.7 cm³/mol. The lowest BCUT2D eigenvalue weighted by molar-refractivity contribution is -0.0912. The van der Waals surface area contributed by atoms with Crippen molar-refractivity contribution in [3.8, 4) is 0 Å². The van der Waals surface area contributed by atoms with E-state index >= 15 is 0 Å². The maximum atomic E-state index is 12.6. The highest BCUT2D eigenvalue weighted by molar-refractivity contribution is 5.74. The van der Waals surface area contributed by atoms with E-state index in [0.29, 0.717) is 11.3 Å². The molecule has 0 spiro atoms. The van der Waals surface area contributed by atoms with Crippen LogP contribution in [0.2, 0.25) is 0 Å². The number of aromatic nitrogens is 1. The first-order chi connectivity index (χ1) is 8.75. The number of allylic oxidation sites excluding steroid dienone is 5. The van der Waals surface area contributed by atoms with Gasteiger partial charge in [0.05, 0.1) is 5.69 Å². The lowest BCUT2D eigenvalue weighted by Gasteiger charge is -2.09. The first kappa shape index (κ1) is 15.2. The number of alkyl halides is 3. The van der Waals surface area contributed by atoms with Gasteiger partial charge in [-0.15, -0.1) is 0 Å². The van der Waals surface area contributed by atoms with Crippen LogP contribution in [-0.2, 0) is 0 Å². The molecule has 0 amide bonds. The van der Waals surface area contributed by atoms with Gasteiger partial charge in [-0.2, -0.15) is 13.2 Å². The minimum Gasteiger partial charge on any atom is -0.253 e. The van der Waals surface area contributed by atoms with Crippen molar-refractivity contribution in [3.63, 3.8) is 0 Å². The molecular weight excluding hydrogens is 251 g/mol. The molecular formula is C15H16F3N. The maximum absolute atomic E-state index is 12.6. The minimum atomic E-state index is -4.33. The molecule has 0 aliphatic rings. The van der Waals surface area contributed by atoms with Crippen molar-refractivity contribution in [3.05, 3.63) is 59.5 Å². The van der Waals surface area contributed by atoms with Gasteiger partial charge in [0.1, 0.15) is 0 Å². The van der Waals surface area contributed by atoms with Crippen molar-refractivity contribution < 1.29 is 13.2 Å². The molecule has 1 nitrogen and oxygen atoms in total. The van der Waals surface area contributed by atoms with Crippen molar-refractivity contribution in [1.82, 2.24) is 4.98 Å². The third-order valence-corrected chi connectivity index (χ3v) is 2.76. The standard InChI is InChI=1S/C15H16F3N/c1-5-6-13(9-11(3)15(16,17)18)14-8-7-10(2)12(4)19-14/h5-9H,1H2,2-4H3/b11-9+,13-6+. The van der Waals surface area contributed by atoms with Crippen LogP contribution in [0, 0.1) is 13.8 Å². The Morgan fingerprint density at radius 2 is 1.89 bits per heavy atom. The van der Waals surface area contributed by atoms with Crippen molar-refractivity contribution >= 4 is 5.57 Å². The Morgan fingerprint density at radius 1 is 1.26 bits per heavy atom. The fraction of sp³-hybridized carbons (Fsp3) is 0.267. The van der Waals surface area contributed by atoms with Crippen molar-refractivity contribution in [1.29, 1.82) is 0 Å². The normalized spacial score (nSPS) is 13.6. The zero-order valence-electron chi connectivity index (χ0n) is 11.2. The van der Waals surface area contributed by atoms with E-state index in [9.17, 15) is 13.2 Å². The lowest BCUT2D eigenvalue weighted by Crippen LogP contribution is -2.09. The fourth-order valence-corrected chi connectivity index (χ4v) is 1.44. The largest absolute Gasteiger partial charge is 0.412 e. The second-order valence-electron chi connectivity index (χ2n) is 4.28. The zero-order chi connectivity index (χ0) is 14.6. The summed E-state index contributed by atoms with van der Waals surface area (Å²) in [6.07, 6.45) is -0.280. The van der Waals surface area contributed by atoms with E-state index in [1.165, 1.54) is 12.2 Å². The summed E-state index contributed by atoms with van der Waals surface area (Å²) in [7, 11) is 0. The van der Waals surface area contributed by atoms with Crippen LogP contribution in [-0.4, -0.2) is 11.2 Å². The molecule has 1 heterocycles. The van der Waals surface area contributed by atoms with E-state index in [1.54, 1.807) is 6.07 Å². The minimum absolute atomic E-state index is 0.396. The van der Waals surface area contributed by atoms with E-state index in [1.807, 2.05) is 19.9 Å². The van der Waals surface area contributed by atoms with Crippen molar-refractivity contribution in [2.45, 2.75) is 26.9 Å². The molecule has 1 aromatic heterocycles. The fourth-order valence-electron chi connectivity index (χ4n) is 1.44. The molecule has 0 N–H and O–H groups in total. The maximum Gasteiger partial charge on any atom is 0.412 e. The van der Waals surface area contributed by atoms with Crippen LogP contribution in [0.4, 0.5) is 13.2 Å². The first-order valence-electron chi connectivity index (χ1n) is 5.78. The molecule has 0 saturated carbocycles. The van der Waals surface area contributed by atoms with Crippen molar-refractivity contribution in [2.24, 2.45) is 0 Å². The van der Waals surface area contributed by atoms with Crippen LogP contribution in [0.1, 0.15) is 23.9 Å². The van der Waals surface area contributed by atoms with E-state index < -0.39 is 11.7 Å². The second-order valence-corrected chi connectivity index (χ2v) is 4.28. The van der Waals surface area contributed by atoms with Crippen LogP contribution in [0.25, 0.3) is 5.57 Å². The Bertz CT molecular complexity index is 537. The first-order valence-corrected chi connectivity index (χ1v) is 5.78. The number of nitrogens with zero attached hydrogens (tertiary/aromatic N) is 1. The molecule has 0 bridgehead atoms. The summed E-state index contributed by atoms with van der Waals surface area (Å²) in [5.74, 6) is 0. The number of halogens is 3. The van der Waals surface area contributed by atoms with E-state index in [-0.39, 0.29) is 0 Å². The van der Waals surface area contributed by atoms with Gasteiger partial charge in [0.2, 0.25) is 0 Å². The molecule has 0 radical (unpaired) electrons. The van der Waals surface area contributed by atoms with E-state index in [2.05, 4.69) is 11.6 Å². The number of hydrogen-bond donors (Lipinski definition) is 0. The van der Waals surface area contributed by atoms with Gasteiger partial charge in [-0.1, -0.05) is 24.8 Å². The molecule has 102 valence electrons. The average molecular weight is 267 g/mol. The number of rotatable bonds is 3. The topological polar surface area (TPSA) is 12.9 Å². The molecule has 0 fully saturated rings. The smallest absolute Gasteiger partial charge is 0.253 e. The number of hydrogen-bond acceptors (Lipinski definition) is 1. The van der Waals surface area contributed by atoms with Gasteiger partial charge in [0, 0.05) is 16.8 Å². The van der Waals surface area contributed by atoms with Gasteiger partial charge >= 0.3 is 6.18 Å². The lowest BCUT2D eigenvalue weighted by atomic mass is 10.1. The third-order valence-electron chi connectivity index (χ3n) is 2.76. The number of pyridine rings is 1. The summed E-state index contributed by atoms with van der Waals surface area (Å²) in [6.45, 7) is 8.29. The summed E-state index contributed by atoms with van der Waals surface area (Å²) < 4.78 is 37.7. The molecule has 19 heavy (non-hydrogen) atoms. The molecule has 0 aromatic carbocycles. The molecule has 4 heteroatoms. The van der Waals surface area contributed by atoms with E-state index in [4.69, 9.17) is 0 Å². The highest BCUT2D eigenvalue weighted by atomic mass is 19.4. The van der Waals surface area contributed by atoms with Crippen LogP contribution < -0.4 is 0 Å². The van der Waals surface area contributed by atoms with Crippen molar-refractivity contribution in [2.75, 3.05) is 0 Å². The monoisotopic (exact) mass is 267 g/mol. The van der Waals surface area contributed by atoms with Gasteiger partial charge in [0.25, 0.3) is 0 Å². The Balaban J connectivity index is 3.26. The SMILES string of the molecule is C=C/C=C(\C=C(/C)C(F)(F)F)c1ccc(C)c(C)n1. The van der Waals surface area contributed by atoms with Crippen LogP contribution in [0.3, 0.4) is 0 Å². The summed E-state index contributed by atoms with van der Waals surface area (Å²) in [5.41, 5.74) is 2.03. The zero-order valence-corrected chi connectivity index (χ0v) is 11.2. The molecule has 0 atom stereocenters. The number of aryl methyl sites for hydroxylation is 2. The summed E-state index contributed by atoms with van der Waals surface area (Å²) >= 11 is 0. The van der Waals surface area contributed by atoms with E-state index in [0.717, 1.165) is 24.3 Å². The van der Waals surface area contributed by atoms with Gasteiger partial charge in [-0.05, 0) is 38.5 Å². The molecule has 1 rings (SSSR count). The Kier molecular flexibility index (Phi) is 4.70. The molecule has 1 aromatic rings. The average Bonchev–Trinajstić information content (AvgIpc) is 2.31. The Hall–Kier alpha value is -1.84. The summed E-state index contributed by atoms with van der Waals surface area (Å²) in [5, 5.41) is 0. The third kappa shape index (κ3) is 4.09. The molecule has 0 aliphatic heterocycles. The van der Waals surface area contributed by atoms with Crippen LogP contribution >= 0.6 is 0 Å². The van der Waals surface area contributed by atoms with Gasteiger partial charge in [-0.3, -0.25) is 4.98 Å².